The molecular weight excluding hydrogens is 290 g/mol. The van der Waals surface area contributed by atoms with Gasteiger partial charge in [-0.25, -0.2) is 0 Å². The van der Waals surface area contributed by atoms with Gasteiger partial charge in [-0.15, -0.1) is 0 Å². The number of anilines is 1. The van der Waals surface area contributed by atoms with Crippen molar-refractivity contribution >= 4 is 11.7 Å². The topological polar surface area (TPSA) is 56.2 Å². The number of aromatic nitrogens is 2. The van der Waals surface area contributed by atoms with Crippen LogP contribution in [0, 0.1) is 0 Å². The zero-order valence-corrected chi connectivity index (χ0v) is 14.3. The van der Waals surface area contributed by atoms with Crippen molar-refractivity contribution in [3.8, 4) is 5.75 Å². The van der Waals surface area contributed by atoms with Gasteiger partial charge in [0.1, 0.15) is 5.75 Å². The molecule has 0 radical (unpaired) electrons. The molecule has 0 saturated carbocycles. The van der Waals surface area contributed by atoms with Crippen LogP contribution < -0.4 is 10.1 Å². The molecule has 0 unspecified atom stereocenters. The number of ether oxygens (including phenoxy) is 1. The molecule has 23 heavy (non-hydrogen) atoms. The van der Waals surface area contributed by atoms with E-state index in [2.05, 4.69) is 43.3 Å². The maximum Gasteiger partial charge on any atom is 0.225 e. The van der Waals surface area contributed by atoms with Crippen LogP contribution in [0.4, 0.5) is 5.82 Å². The van der Waals surface area contributed by atoms with Crippen LogP contribution in [0.15, 0.2) is 36.5 Å². The molecule has 0 fully saturated rings. The van der Waals surface area contributed by atoms with Gasteiger partial charge in [0, 0.05) is 25.7 Å². The van der Waals surface area contributed by atoms with Gasteiger partial charge in [0.05, 0.1) is 6.61 Å². The minimum atomic E-state index is -0.0459. The summed E-state index contributed by atoms with van der Waals surface area (Å²) in [6.07, 6.45) is 2.87. The lowest BCUT2D eigenvalue weighted by Crippen LogP contribution is -2.13. The molecule has 0 aliphatic heterocycles. The molecule has 5 nitrogen and oxygen atoms in total. The minimum Gasteiger partial charge on any atom is -0.494 e. The Labute approximate surface area is 137 Å². The Morgan fingerprint density at radius 3 is 2.48 bits per heavy atom. The van der Waals surface area contributed by atoms with E-state index in [1.165, 1.54) is 5.56 Å². The summed E-state index contributed by atoms with van der Waals surface area (Å²) in [7, 11) is 1.81. The molecule has 0 saturated heterocycles. The third-order valence-electron chi connectivity index (χ3n) is 3.52. The van der Waals surface area contributed by atoms with Gasteiger partial charge in [0.15, 0.2) is 5.82 Å². The molecule has 1 heterocycles. The van der Waals surface area contributed by atoms with E-state index in [0.717, 1.165) is 5.75 Å². The Morgan fingerprint density at radius 2 is 1.91 bits per heavy atom. The maximum atomic E-state index is 11.8. The minimum absolute atomic E-state index is 0.0459. The van der Waals surface area contributed by atoms with Gasteiger partial charge >= 0.3 is 0 Å². The fraction of sp³-hybridized carbons (Fsp3) is 0.444. The zero-order valence-electron chi connectivity index (χ0n) is 14.3. The number of nitrogens with zero attached hydrogens (tertiary/aromatic N) is 2. The molecule has 5 heteroatoms. The number of carbonyl (C=O) groups excluding carboxylic acids is 1. The molecule has 0 aliphatic rings. The quantitative estimate of drug-likeness (QED) is 0.830. The van der Waals surface area contributed by atoms with E-state index >= 15 is 0 Å². The molecule has 124 valence electrons. The Balaban J connectivity index is 1.70. The standard InChI is InChI=1S/C18H25N3O2/c1-18(2,3)14-7-9-15(10-8-14)23-13-5-6-17(22)19-16-11-12-21(4)20-16/h7-12H,5-6,13H2,1-4H3,(H,19,20,22). The van der Waals surface area contributed by atoms with E-state index in [0.29, 0.717) is 25.3 Å². The summed E-state index contributed by atoms with van der Waals surface area (Å²) in [6, 6.07) is 9.90. The number of benzene rings is 1. The molecule has 0 spiro atoms. The number of rotatable bonds is 6. The van der Waals surface area contributed by atoms with Crippen LogP contribution in [0.3, 0.4) is 0 Å². The van der Waals surface area contributed by atoms with Crippen LogP contribution in [0.25, 0.3) is 0 Å². The highest BCUT2D eigenvalue weighted by Crippen LogP contribution is 2.24. The predicted molar refractivity (Wildman–Crippen MR) is 91.7 cm³/mol. The van der Waals surface area contributed by atoms with Crippen LogP contribution in [0.5, 0.6) is 5.75 Å². The summed E-state index contributed by atoms with van der Waals surface area (Å²) in [4.78, 5) is 11.8. The lowest BCUT2D eigenvalue weighted by Gasteiger charge is -2.19. The third kappa shape index (κ3) is 5.43. The van der Waals surface area contributed by atoms with Crippen molar-refractivity contribution in [2.75, 3.05) is 11.9 Å². The van der Waals surface area contributed by atoms with Crippen molar-refractivity contribution in [2.45, 2.75) is 39.0 Å². The van der Waals surface area contributed by atoms with Crippen molar-refractivity contribution < 1.29 is 9.53 Å². The van der Waals surface area contributed by atoms with Crippen molar-refractivity contribution in [3.05, 3.63) is 42.1 Å². The molecule has 1 aromatic heterocycles. The maximum absolute atomic E-state index is 11.8. The highest BCUT2D eigenvalue weighted by Gasteiger charge is 2.13. The van der Waals surface area contributed by atoms with Crippen LogP contribution >= 0.6 is 0 Å². The van der Waals surface area contributed by atoms with E-state index < -0.39 is 0 Å². The second-order valence-corrected chi connectivity index (χ2v) is 6.65. The molecule has 2 aromatic rings. The summed E-state index contributed by atoms with van der Waals surface area (Å²) in [5.74, 6) is 1.37. The highest BCUT2D eigenvalue weighted by atomic mass is 16.5. The number of aryl methyl sites for hydroxylation is 1. The van der Waals surface area contributed by atoms with Gasteiger partial charge in [0.2, 0.25) is 5.91 Å². The summed E-state index contributed by atoms with van der Waals surface area (Å²) >= 11 is 0. The van der Waals surface area contributed by atoms with E-state index in [1.807, 2.05) is 19.2 Å². The third-order valence-corrected chi connectivity index (χ3v) is 3.52. The van der Waals surface area contributed by atoms with Crippen molar-refractivity contribution in [3.63, 3.8) is 0 Å². The Morgan fingerprint density at radius 1 is 1.22 bits per heavy atom. The first-order valence-corrected chi connectivity index (χ1v) is 7.87. The van der Waals surface area contributed by atoms with Crippen LogP contribution in [0.2, 0.25) is 0 Å². The van der Waals surface area contributed by atoms with Crippen LogP contribution in [-0.4, -0.2) is 22.3 Å². The van der Waals surface area contributed by atoms with Crippen molar-refractivity contribution in [2.24, 2.45) is 7.05 Å². The number of hydrogen-bond acceptors (Lipinski definition) is 3. The first-order chi connectivity index (χ1) is 10.8. The molecular formula is C18H25N3O2. The van der Waals surface area contributed by atoms with Gasteiger partial charge in [-0.05, 0) is 29.5 Å². The lowest BCUT2D eigenvalue weighted by molar-refractivity contribution is -0.116. The Bertz CT molecular complexity index is 639. The Kier molecular flexibility index (Phi) is 5.42. The zero-order chi connectivity index (χ0) is 16.9. The van der Waals surface area contributed by atoms with Crippen molar-refractivity contribution in [1.29, 1.82) is 0 Å². The Hall–Kier alpha value is -2.30. The SMILES string of the molecule is Cn1ccc(NC(=O)CCCOc2ccc(C(C)(C)C)cc2)n1. The fourth-order valence-corrected chi connectivity index (χ4v) is 2.16. The molecule has 1 N–H and O–H groups in total. The predicted octanol–water partition coefficient (Wildman–Crippen LogP) is 3.52. The molecule has 1 aromatic carbocycles. The summed E-state index contributed by atoms with van der Waals surface area (Å²) < 4.78 is 7.33. The number of nitrogens with one attached hydrogen (secondary N) is 1. The molecule has 0 atom stereocenters. The summed E-state index contributed by atoms with van der Waals surface area (Å²) in [6.45, 7) is 7.07. The second kappa shape index (κ2) is 7.31. The van der Waals surface area contributed by atoms with Crippen LogP contribution in [0.1, 0.15) is 39.2 Å². The summed E-state index contributed by atoms with van der Waals surface area (Å²) in [5.41, 5.74) is 1.42. The largest absolute Gasteiger partial charge is 0.494 e. The highest BCUT2D eigenvalue weighted by molar-refractivity contribution is 5.89. The van der Waals surface area contributed by atoms with Gasteiger partial charge in [-0.3, -0.25) is 9.48 Å². The lowest BCUT2D eigenvalue weighted by atomic mass is 9.87. The first kappa shape index (κ1) is 17.1. The van der Waals surface area contributed by atoms with Crippen LogP contribution in [-0.2, 0) is 17.3 Å². The average Bonchev–Trinajstić information content (AvgIpc) is 2.88. The molecule has 0 bridgehead atoms. The van der Waals surface area contributed by atoms with Gasteiger partial charge in [0.25, 0.3) is 0 Å². The average molecular weight is 315 g/mol. The van der Waals surface area contributed by atoms with E-state index in [9.17, 15) is 4.79 Å². The number of carbonyl (C=O) groups is 1. The smallest absolute Gasteiger partial charge is 0.225 e. The number of hydrogen-bond donors (Lipinski definition) is 1. The second-order valence-electron chi connectivity index (χ2n) is 6.65. The number of amides is 1. The van der Waals surface area contributed by atoms with E-state index in [1.54, 1.807) is 16.9 Å². The van der Waals surface area contributed by atoms with Gasteiger partial charge < -0.3 is 10.1 Å². The van der Waals surface area contributed by atoms with E-state index in [4.69, 9.17) is 4.74 Å². The fourth-order valence-electron chi connectivity index (χ4n) is 2.16. The molecule has 1 amide bonds. The normalized spacial score (nSPS) is 11.3. The summed E-state index contributed by atoms with van der Waals surface area (Å²) in [5, 5.41) is 6.87. The van der Waals surface area contributed by atoms with Gasteiger partial charge in [-0.1, -0.05) is 32.9 Å². The van der Waals surface area contributed by atoms with E-state index in [-0.39, 0.29) is 11.3 Å². The van der Waals surface area contributed by atoms with Crippen molar-refractivity contribution in [1.82, 2.24) is 9.78 Å². The van der Waals surface area contributed by atoms with Gasteiger partial charge in [-0.2, -0.15) is 5.10 Å². The monoisotopic (exact) mass is 315 g/mol. The molecule has 2 rings (SSSR count). The first-order valence-electron chi connectivity index (χ1n) is 7.87. The molecule has 0 aliphatic carbocycles.